The number of anilines is 2. The molecule has 0 radical (unpaired) electrons. The minimum Gasteiger partial charge on any atom is -0.366 e. The summed E-state index contributed by atoms with van der Waals surface area (Å²) >= 11 is 12.7. The van der Waals surface area contributed by atoms with Crippen LogP contribution < -0.4 is 9.80 Å². The van der Waals surface area contributed by atoms with Gasteiger partial charge in [-0.15, -0.1) is 0 Å². The van der Waals surface area contributed by atoms with E-state index >= 15 is 0 Å². The average molecular weight is 487 g/mol. The molecule has 1 aliphatic carbocycles. The van der Waals surface area contributed by atoms with E-state index in [0.717, 1.165) is 24.8 Å². The second-order valence-electron chi connectivity index (χ2n) is 8.61. The predicted octanol–water partition coefficient (Wildman–Crippen LogP) is 4.55. The molecule has 1 aromatic heterocycles. The third-order valence-corrected chi connectivity index (χ3v) is 7.83. The number of aromatic nitrogens is 2. The quantitative estimate of drug-likeness (QED) is 0.617. The third kappa shape index (κ3) is 4.47. The zero-order valence-electron chi connectivity index (χ0n) is 17.6. The standard InChI is InChI=1S/C21H25Cl2FN4O2S/c1-12(2)17-11-27(16-7-6-15(24)20(18(16)23)31(3,29)30)8-9-28(17)21-25-10-14(22)19(26-21)13-4-5-13/h6-7,10,12-13,17H,4-5,8-9,11H2,1-3H3. The van der Waals surface area contributed by atoms with Gasteiger partial charge in [0.05, 0.1) is 33.7 Å². The first-order valence-corrected chi connectivity index (χ1v) is 12.9. The Kier molecular flexibility index (Phi) is 6.09. The minimum atomic E-state index is -3.80. The van der Waals surface area contributed by atoms with E-state index in [-0.39, 0.29) is 17.0 Å². The fraction of sp³-hybridized carbons (Fsp3) is 0.524. The van der Waals surface area contributed by atoms with Gasteiger partial charge in [-0.05, 0) is 30.9 Å². The molecule has 0 spiro atoms. The van der Waals surface area contributed by atoms with Gasteiger partial charge in [0, 0.05) is 31.8 Å². The van der Waals surface area contributed by atoms with Crippen molar-refractivity contribution in [1.29, 1.82) is 0 Å². The third-order valence-electron chi connectivity index (χ3n) is 5.91. The predicted molar refractivity (Wildman–Crippen MR) is 122 cm³/mol. The topological polar surface area (TPSA) is 66.4 Å². The number of benzene rings is 1. The Morgan fingerprint density at radius 1 is 1.19 bits per heavy atom. The lowest BCUT2D eigenvalue weighted by atomic mass is 9.99. The number of rotatable bonds is 5. The molecule has 2 aromatic rings. The van der Waals surface area contributed by atoms with Crippen molar-refractivity contribution < 1.29 is 12.8 Å². The van der Waals surface area contributed by atoms with Gasteiger partial charge in [-0.1, -0.05) is 37.0 Å². The second-order valence-corrected chi connectivity index (χ2v) is 11.3. The summed E-state index contributed by atoms with van der Waals surface area (Å²) in [5.74, 6) is 0.504. The van der Waals surface area contributed by atoms with Gasteiger partial charge in [-0.2, -0.15) is 0 Å². The normalized spacial score (nSPS) is 19.9. The Balaban J connectivity index is 1.65. The van der Waals surface area contributed by atoms with Crippen LogP contribution in [0.15, 0.2) is 23.2 Å². The van der Waals surface area contributed by atoms with Crippen LogP contribution in [0.2, 0.25) is 10.0 Å². The van der Waals surface area contributed by atoms with Gasteiger partial charge in [0.15, 0.2) is 9.84 Å². The maximum Gasteiger partial charge on any atom is 0.226 e. The number of sulfone groups is 1. The summed E-state index contributed by atoms with van der Waals surface area (Å²) in [6.45, 7) is 6.01. The van der Waals surface area contributed by atoms with Crippen LogP contribution in [0, 0.1) is 11.7 Å². The highest BCUT2D eigenvalue weighted by Gasteiger charge is 2.35. The monoisotopic (exact) mass is 486 g/mol. The van der Waals surface area contributed by atoms with E-state index in [0.29, 0.717) is 42.2 Å². The molecule has 1 saturated heterocycles. The van der Waals surface area contributed by atoms with Gasteiger partial charge in [0.25, 0.3) is 0 Å². The summed E-state index contributed by atoms with van der Waals surface area (Å²) in [6.07, 6.45) is 4.84. The van der Waals surface area contributed by atoms with E-state index in [2.05, 4.69) is 23.7 Å². The maximum absolute atomic E-state index is 14.2. The molecule has 1 unspecified atom stereocenters. The fourth-order valence-electron chi connectivity index (χ4n) is 4.11. The molecule has 0 bridgehead atoms. The largest absolute Gasteiger partial charge is 0.366 e. The molecule has 0 N–H and O–H groups in total. The van der Waals surface area contributed by atoms with Crippen molar-refractivity contribution >= 4 is 44.7 Å². The SMILES string of the molecule is CC(C)C1CN(c2ccc(F)c(S(C)(=O)=O)c2Cl)CCN1c1ncc(Cl)c(C2CC2)n1. The van der Waals surface area contributed by atoms with Crippen molar-refractivity contribution in [2.45, 2.75) is 43.5 Å². The molecule has 10 heteroatoms. The zero-order valence-corrected chi connectivity index (χ0v) is 20.0. The molecule has 4 rings (SSSR count). The second kappa shape index (κ2) is 8.37. The number of nitrogens with zero attached hydrogens (tertiary/aromatic N) is 4. The van der Waals surface area contributed by atoms with E-state index in [4.69, 9.17) is 28.2 Å². The van der Waals surface area contributed by atoms with Crippen LogP contribution in [-0.4, -0.2) is 50.3 Å². The molecule has 2 fully saturated rings. The van der Waals surface area contributed by atoms with E-state index in [1.807, 2.05) is 4.90 Å². The van der Waals surface area contributed by atoms with E-state index in [1.54, 1.807) is 12.3 Å². The molecule has 168 valence electrons. The number of piperazine rings is 1. The summed E-state index contributed by atoms with van der Waals surface area (Å²) in [5, 5.41) is 0.537. The lowest BCUT2D eigenvalue weighted by molar-refractivity contribution is 0.413. The van der Waals surface area contributed by atoms with Crippen molar-refractivity contribution in [2.24, 2.45) is 5.92 Å². The highest BCUT2D eigenvalue weighted by molar-refractivity contribution is 7.90. The van der Waals surface area contributed by atoms with Crippen LogP contribution in [0.3, 0.4) is 0 Å². The molecule has 1 aliphatic heterocycles. The lowest BCUT2D eigenvalue weighted by Gasteiger charge is -2.44. The average Bonchev–Trinajstić information content (AvgIpc) is 3.52. The van der Waals surface area contributed by atoms with Crippen LogP contribution in [0.5, 0.6) is 0 Å². The van der Waals surface area contributed by atoms with E-state index in [9.17, 15) is 12.8 Å². The van der Waals surface area contributed by atoms with Crippen molar-refractivity contribution in [2.75, 3.05) is 35.7 Å². The molecule has 0 amide bonds. The highest BCUT2D eigenvalue weighted by atomic mass is 35.5. The van der Waals surface area contributed by atoms with Gasteiger partial charge in [-0.3, -0.25) is 0 Å². The van der Waals surface area contributed by atoms with Crippen molar-refractivity contribution in [1.82, 2.24) is 9.97 Å². The van der Waals surface area contributed by atoms with Crippen molar-refractivity contribution in [3.63, 3.8) is 0 Å². The van der Waals surface area contributed by atoms with Crippen molar-refractivity contribution in [3.05, 3.63) is 39.9 Å². The van der Waals surface area contributed by atoms with Crippen LogP contribution in [0.4, 0.5) is 16.0 Å². The van der Waals surface area contributed by atoms with Crippen LogP contribution in [-0.2, 0) is 9.84 Å². The first kappa shape index (κ1) is 22.6. The maximum atomic E-state index is 14.2. The van der Waals surface area contributed by atoms with Gasteiger partial charge in [0.1, 0.15) is 10.7 Å². The first-order valence-electron chi connectivity index (χ1n) is 10.3. The van der Waals surface area contributed by atoms with Crippen molar-refractivity contribution in [3.8, 4) is 0 Å². The Morgan fingerprint density at radius 2 is 1.90 bits per heavy atom. The molecular weight excluding hydrogens is 462 g/mol. The number of hydrogen-bond acceptors (Lipinski definition) is 6. The Bertz CT molecular complexity index is 1110. The molecule has 1 atom stereocenters. The Hall–Kier alpha value is -1.64. The molecular formula is C21H25Cl2FN4O2S. The lowest BCUT2D eigenvalue weighted by Crippen LogP contribution is -2.56. The molecule has 2 aliphatic rings. The molecule has 31 heavy (non-hydrogen) atoms. The molecule has 2 heterocycles. The summed E-state index contributed by atoms with van der Waals surface area (Å²) in [6, 6.07) is 2.77. The molecule has 6 nitrogen and oxygen atoms in total. The Morgan fingerprint density at radius 3 is 2.52 bits per heavy atom. The summed E-state index contributed by atoms with van der Waals surface area (Å²) in [5.41, 5.74) is 1.43. The number of halogens is 3. The molecule has 1 saturated carbocycles. The highest BCUT2D eigenvalue weighted by Crippen LogP contribution is 2.43. The smallest absolute Gasteiger partial charge is 0.226 e. The van der Waals surface area contributed by atoms with E-state index in [1.165, 1.54) is 6.07 Å². The van der Waals surface area contributed by atoms with Crippen LogP contribution in [0.1, 0.15) is 38.3 Å². The summed E-state index contributed by atoms with van der Waals surface area (Å²) in [4.78, 5) is 13.0. The van der Waals surface area contributed by atoms with Gasteiger partial charge in [-0.25, -0.2) is 22.8 Å². The summed E-state index contributed by atoms with van der Waals surface area (Å²) < 4.78 is 38.3. The minimum absolute atomic E-state index is 0.0600. The van der Waals surface area contributed by atoms with Gasteiger partial charge < -0.3 is 9.80 Å². The number of hydrogen-bond donors (Lipinski definition) is 0. The van der Waals surface area contributed by atoms with Crippen LogP contribution in [0.25, 0.3) is 0 Å². The van der Waals surface area contributed by atoms with Gasteiger partial charge in [0.2, 0.25) is 5.95 Å². The fourth-order valence-corrected chi connectivity index (χ4v) is 5.90. The first-order chi connectivity index (χ1) is 14.6. The molecule has 1 aromatic carbocycles. The van der Waals surface area contributed by atoms with Gasteiger partial charge >= 0.3 is 0 Å². The zero-order chi connectivity index (χ0) is 22.5. The van der Waals surface area contributed by atoms with Crippen LogP contribution >= 0.6 is 23.2 Å². The van der Waals surface area contributed by atoms with E-state index < -0.39 is 20.5 Å². The summed E-state index contributed by atoms with van der Waals surface area (Å²) in [7, 11) is -3.80. The Labute approximate surface area is 192 Å².